The lowest BCUT2D eigenvalue weighted by molar-refractivity contribution is -0.126. The Balaban J connectivity index is 2.84. The topological polar surface area (TPSA) is 102 Å². The van der Waals surface area contributed by atoms with E-state index >= 15 is 0 Å². The van der Waals surface area contributed by atoms with Gasteiger partial charge in [0.15, 0.2) is 6.10 Å². The highest BCUT2D eigenvalue weighted by molar-refractivity contribution is 8.13. The molecule has 1 unspecified atom stereocenters. The van der Waals surface area contributed by atoms with Gasteiger partial charge in [-0.25, -0.2) is 13.2 Å². The van der Waals surface area contributed by atoms with Crippen LogP contribution in [0.5, 0.6) is 5.75 Å². The second-order valence-corrected chi connectivity index (χ2v) is 6.76. The van der Waals surface area contributed by atoms with Gasteiger partial charge in [0, 0.05) is 17.7 Å². The number of hydrogen-bond acceptors (Lipinski definition) is 5. The van der Waals surface area contributed by atoms with E-state index in [1.165, 1.54) is 32.2 Å². The third-order valence-electron chi connectivity index (χ3n) is 2.56. The Labute approximate surface area is 127 Å². The highest BCUT2D eigenvalue weighted by Gasteiger charge is 2.18. The van der Waals surface area contributed by atoms with Crippen LogP contribution in [0.3, 0.4) is 0 Å². The van der Waals surface area contributed by atoms with E-state index in [0.717, 1.165) is 0 Å². The summed E-state index contributed by atoms with van der Waals surface area (Å²) in [6.07, 6.45) is -0.931. The van der Waals surface area contributed by atoms with Crippen molar-refractivity contribution in [3.8, 4) is 5.75 Å². The molecule has 2 N–H and O–H groups in total. The molecule has 9 heteroatoms. The van der Waals surface area contributed by atoms with Gasteiger partial charge in [-0.15, -0.1) is 0 Å². The van der Waals surface area contributed by atoms with E-state index in [-0.39, 0.29) is 4.90 Å². The van der Waals surface area contributed by atoms with Crippen molar-refractivity contribution in [1.29, 1.82) is 0 Å². The van der Waals surface area contributed by atoms with Gasteiger partial charge in [0.2, 0.25) is 0 Å². The predicted octanol–water partition coefficient (Wildman–Crippen LogP) is 1.15. The molecule has 0 fully saturated rings. The molecule has 116 valence electrons. The Kier molecular flexibility index (Phi) is 5.56. The number of halogens is 1. The zero-order valence-corrected chi connectivity index (χ0v) is 13.2. The van der Waals surface area contributed by atoms with E-state index in [1.54, 1.807) is 6.92 Å². The summed E-state index contributed by atoms with van der Waals surface area (Å²) >= 11 is 0. The fourth-order valence-corrected chi connectivity index (χ4v) is 2.26. The van der Waals surface area contributed by atoms with Gasteiger partial charge in [0.1, 0.15) is 5.75 Å². The zero-order valence-electron chi connectivity index (χ0n) is 11.6. The van der Waals surface area contributed by atoms with Crippen LogP contribution in [-0.4, -0.2) is 33.5 Å². The molecule has 1 atom stereocenters. The number of hydrogen-bond donors (Lipinski definition) is 2. The first-order valence-electron chi connectivity index (χ1n) is 5.89. The standard InChI is InChI=1S/C12H15ClN2O5S/c1-7-6-9(21(13,18)19)4-5-10(7)20-8(2)11(16)15-12(17)14-3/h4-6,8H,1-3H3,(H2,14,15,16,17). The van der Waals surface area contributed by atoms with Crippen LogP contribution in [0.25, 0.3) is 0 Å². The van der Waals surface area contributed by atoms with Crippen LogP contribution in [0.1, 0.15) is 12.5 Å². The Morgan fingerprint density at radius 1 is 1.33 bits per heavy atom. The number of rotatable bonds is 4. The van der Waals surface area contributed by atoms with E-state index in [1.807, 2.05) is 0 Å². The lowest BCUT2D eigenvalue weighted by Crippen LogP contribution is -2.44. The average Bonchev–Trinajstić information content (AvgIpc) is 2.39. The third kappa shape index (κ3) is 4.91. The van der Waals surface area contributed by atoms with Crippen LogP contribution in [0.15, 0.2) is 23.1 Å². The molecule has 0 bridgehead atoms. The van der Waals surface area contributed by atoms with Gasteiger partial charge < -0.3 is 10.1 Å². The number of imide groups is 1. The Bertz CT molecular complexity index is 660. The quantitative estimate of drug-likeness (QED) is 0.804. The molecule has 0 aromatic heterocycles. The number of carbonyl (C=O) groups excluding carboxylic acids is 2. The molecular formula is C12H15ClN2O5S. The summed E-state index contributed by atoms with van der Waals surface area (Å²) in [5.74, 6) is -0.304. The van der Waals surface area contributed by atoms with E-state index < -0.39 is 27.1 Å². The fraction of sp³-hybridized carbons (Fsp3) is 0.333. The molecule has 0 spiro atoms. The summed E-state index contributed by atoms with van der Waals surface area (Å²) in [6, 6.07) is 3.36. The fourth-order valence-electron chi connectivity index (χ4n) is 1.43. The number of carbonyl (C=O) groups is 2. The molecule has 7 nitrogen and oxygen atoms in total. The molecule has 21 heavy (non-hydrogen) atoms. The van der Waals surface area contributed by atoms with Crippen LogP contribution in [-0.2, 0) is 13.8 Å². The Morgan fingerprint density at radius 3 is 2.43 bits per heavy atom. The van der Waals surface area contributed by atoms with Gasteiger partial charge in [-0.05, 0) is 37.6 Å². The molecule has 0 saturated carbocycles. The Morgan fingerprint density at radius 2 is 1.95 bits per heavy atom. The smallest absolute Gasteiger partial charge is 0.321 e. The molecule has 0 aliphatic carbocycles. The van der Waals surface area contributed by atoms with Crippen molar-refractivity contribution in [2.75, 3.05) is 7.05 Å². The van der Waals surface area contributed by atoms with Crippen LogP contribution >= 0.6 is 10.7 Å². The maximum Gasteiger partial charge on any atom is 0.321 e. The highest BCUT2D eigenvalue weighted by atomic mass is 35.7. The number of urea groups is 1. The molecular weight excluding hydrogens is 320 g/mol. The van der Waals surface area contributed by atoms with Crippen molar-refractivity contribution in [3.05, 3.63) is 23.8 Å². The average molecular weight is 335 g/mol. The van der Waals surface area contributed by atoms with Crippen molar-refractivity contribution >= 4 is 31.7 Å². The van der Waals surface area contributed by atoms with Crippen LogP contribution in [0.4, 0.5) is 4.79 Å². The second kappa shape index (κ2) is 6.77. The maximum atomic E-state index is 11.6. The van der Waals surface area contributed by atoms with Crippen molar-refractivity contribution in [2.24, 2.45) is 0 Å². The van der Waals surface area contributed by atoms with Crippen LogP contribution in [0, 0.1) is 6.92 Å². The van der Waals surface area contributed by atoms with E-state index in [9.17, 15) is 18.0 Å². The van der Waals surface area contributed by atoms with Crippen molar-refractivity contribution < 1.29 is 22.7 Å². The SMILES string of the molecule is CNC(=O)NC(=O)C(C)Oc1ccc(S(=O)(=O)Cl)cc1C. The molecule has 1 rings (SSSR count). The summed E-state index contributed by atoms with van der Waals surface area (Å²) in [5, 5.41) is 4.32. The predicted molar refractivity (Wildman–Crippen MR) is 76.9 cm³/mol. The summed E-state index contributed by atoms with van der Waals surface area (Å²) in [4.78, 5) is 22.6. The molecule has 1 aromatic rings. The first-order valence-corrected chi connectivity index (χ1v) is 8.20. The summed E-state index contributed by atoms with van der Waals surface area (Å²) < 4.78 is 27.8. The molecule has 0 heterocycles. The molecule has 1 aromatic carbocycles. The number of ether oxygens (including phenoxy) is 1. The van der Waals surface area contributed by atoms with Gasteiger partial charge in [0.25, 0.3) is 15.0 Å². The van der Waals surface area contributed by atoms with Crippen LogP contribution in [0.2, 0.25) is 0 Å². The molecule has 3 amide bonds. The van der Waals surface area contributed by atoms with Crippen molar-refractivity contribution in [1.82, 2.24) is 10.6 Å². The molecule has 0 saturated heterocycles. The van der Waals surface area contributed by atoms with Gasteiger partial charge in [0.05, 0.1) is 4.90 Å². The number of aryl methyl sites for hydroxylation is 1. The maximum absolute atomic E-state index is 11.6. The molecule has 0 aliphatic heterocycles. The lowest BCUT2D eigenvalue weighted by atomic mass is 10.2. The minimum atomic E-state index is -3.82. The minimum Gasteiger partial charge on any atom is -0.481 e. The minimum absolute atomic E-state index is 0.0588. The highest BCUT2D eigenvalue weighted by Crippen LogP contribution is 2.24. The Hall–Kier alpha value is -1.80. The van der Waals surface area contributed by atoms with E-state index in [0.29, 0.717) is 11.3 Å². The monoisotopic (exact) mass is 334 g/mol. The second-order valence-electron chi connectivity index (χ2n) is 4.19. The van der Waals surface area contributed by atoms with Gasteiger partial charge in [-0.2, -0.15) is 0 Å². The normalized spacial score (nSPS) is 12.4. The number of amides is 3. The number of benzene rings is 1. The van der Waals surface area contributed by atoms with Crippen LogP contribution < -0.4 is 15.4 Å². The van der Waals surface area contributed by atoms with Gasteiger partial charge >= 0.3 is 6.03 Å². The third-order valence-corrected chi connectivity index (χ3v) is 3.92. The van der Waals surface area contributed by atoms with Crippen molar-refractivity contribution in [3.63, 3.8) is 0 Å². The summed E-state index contributed by atoms with van der Waals surface area (Å²) in [7, 11) is 2.79. The molecule has 0 radical (unpaired) electrons. The zero-order chi connectivity index (χ0) is 16.2. The summed E-state index contributed by atoms with van der Waals surface area (Å²) in [5.41, 5.74) is 0.497. The first kappa shape index (κ1) is 17.3. The van der Waals surface area contributed by atoms with Gasteiger partial charge in [-0.3, -0.25) is 10.1 Å². The van der Waals surface area contributed by atoms with Gasteiger partial charge in [-0.1, -0.05) is 0 Å². The lowest BCUT2D eigenvalue weighted by Gasteiger charge is -2.16. The largest absolute Gasteiger partial charge is 0.481 e. The van der Waals surface area contributed by atoms with E-state index in [2.05, 4.69) is 10.6 Å². The van der Waals surface area contributed by atoms with E-state index in [4.69, 9.17) is 15.4 Å². The molecule has 0 aliphatic rings. The number of nitrogens with one attached hydrogen (secondary N) is 2. The summed E-state index contributed by atoms with van der Waals surface area (Å²) in [6.45, 7) is 3.08. The first-order chi connectivity index (χ1) is 9.65. The van der Waals surface area contributed by atoms with Crippen molar-refractivity contribution in [2.45, 2.75) is 24.8 Å².